The molecule has 2 aromatic rings. The van der Waals surface area contributed by atoms with Gasteiger partial charge < -0.3 is 4.98 Å². The zero-order valence-electron chi connectivity index (χ0n) is 10.5. The summed E-state index contributed by atoms with van der Waals surface area (Å²) in [5.74, 6) is -0.865. The first kappa shape index (κ1) is 11.2. The molecular weight excluding hydrogens is 258 g/mol. The Labute approximate surface area is 113 Å². The molecule has 0 radical (unpaired) electrons. The van der Waals surface area contributed by atoms with Crippen LogP contribution in [-0.2, 0) is 9.59 Å². The van der Waals surface area contributed by atoms with Crippen molar-refractivity contribution in [3.63, 3.8) is 0 Å². The summed E-state index contributed by atoms with van der Waals surface area (Å²) in [5.41, 5.74) is 2.19. The summed E-state index contributed by atoms with van der Waals surface area (Å²) in [5, 5.41) is 3.15. The molecule has 1 atom stereocenters. The fourth-order valence-electron chi connectivity index (χ4n) is 3.01. The highest BCUT2D eigenvalue weighted by Gasteiger charge is 2.41. The van der Waals surface area contributed by atoms with Gasteiger partial charge in [-0.15, -0.1) is 0 Å². The van der Waals surface area contributed by atoms with E-state index < -0.39 is 11.9 Å². The number of H-pyrrole nitrogens is 1. The van der Waals surface area contributed by atoms with Gasteiger partial charge in [-0.3, -0.25) is 24.6 Å². The second-order valence-corrected chi connectivity index (χ2v) is 5.04. The van der Waals surface area contributed by atoms with Gasteiger partial charge in [0.05, 0.1) is 11.3 Å². The van der Waals surface area contributed by atoms with Crippen molar-refractivity contribution in [1.82, 2.24) is 10.3 Å². The summed E-state index contributed by atoms with van der Waals surface area (Å²) in [4.78, 5) is 40.3. The molecule has 0 spiro atoms. The van der Waals surface area contributed by atoms with Crippen molar-refractivity contribution in [1.29, 1.82) is 0 Å². The number of amides is 3. The van der Waals surface area contributed by atoms with Gasteiger partial charge in [0, 0.05) is 23.5 Å². The first-order valence-electron chi connectivity index (χ1n) is 6.44. The number of piperidine rings is 1. The van der Waals surface area contributed by atoms with E-state index >= 15 is 0 Å². The molecule has 2 N–H and O–H groups in total. The molecule has 1 unspecified atom stereocenters. The van der Waals surface area contributed by atoms with Crippen LogP contribution in [0, 0.1) is 0 Å². The number of hydrogen-bond donors (Lipinski definition) is 2. The smallest absolute Gasteiger partial charge is 0.259 e. The van der Waals surface area contributed by atoms with Gasteiger partial charge in [-0.2, -0.15) is 0 Å². The minimum atomic E-state index is -0.619. The van der Waals surface area contributed by atoms with Gasteiger partial charge in [-0.1, -0.05) is 6.07 Å². The van der Waals surface area contributed by atoms with Crippen molar-refractivity contribution in [2.45, 2.75) is 18.9 Å². The summed E-state index contributed by atoms with van der Waals surface area (Å²) in [6.45, 7) is 0. The van der Waals surface area contributed by atoms with E-state index in [1.165, 1.54) is 4.90 Å². The molecule has 3 amide bonds. The predicted molar refractivity (Wildman–Crippen MR) is 71.3 cm³/mol. The molecule has 6 nitrogen and oxygen atoms in total. The molecule has 2 aliphatic heterocycles. The number of benzene rings is 1. The second-order valence-electron chi connectivity index (χ2n) is 5.04. The van der Waals surface area contributed by atoms with Crippen LogP contribution >= 0.6 is 0 Å². The number of carbonyl (C=O) groups excluding carboxylic acids is 3. The Morgan fingerprint density at radius 2 is 2.05 bits per heavy atom. The molecule has 0 bridgehead atoms. The quantitative estimate of drug-likeness (QED) is 0.756. The van der Waals surface area contributed by atoms with Crippen molar-refractivity contribution in [3.8, 4) is 0 Å². The van der Waals surface area contributed by atoms with E-state index in [1.54, 1.807) is 12.3 Å². The fourth-order valence-corrected chi connectivity index (χ4v) is 3.01. The molecule has 3 heterocycles. The third-order valence-corrected chi connectivity index (χ3v) is 3.92. The zero-order chi connectivity index (χ0) is 13.9. The maximum absolute atomic E-state index is 12.5. The van der Waals surface area contributed by atoms with Crippen molar-refractivity contribution >= 4 is 34.3 Å². The minimum Gasteiger partial charge on any atom is -0.359 e. The lowest BCUT2D eigenvalue weighted by atomic mass is 10.0. The summed E-state index contributed by atoms with van der Waals surface area (Å²) in [6, 6.07) is 4.84. The predicted octanol–water partition coefficient (Wildman–Crippen LogP) is 0.933. The molecule has 0 aliphatic carbocycles. The van der Waals surface area contributed by atoms with Crippen LogP contribution in [0.15, 0.2) is 24.4 Å². The van der Waals surface area contributed by atoms with Crippen LogP contribution < -0.4 is 10.2 Å². The Kier molecular flexibility index (Phi) is 2.07. The molecule has 1 fully saturated rings. The van der Waals surface area contributed by atoms with E-state index in [4.69, 9.17) is 0 Å². The van der Waals surface area contributed by atoms with Crippen molar-refractivity contribution in [2.75, 3.05) is 4.90 Å². The Morgan fingerprint density at radius 3 is 2.85 bits per heavy atom. The molecule has 1 aromatic heterocycles. The maximum atomic E-state index is 12.5. The normalized spacial score (nSPS) is 21.7. The lowest BCUT2D eigenvalue weighted by Gasteiger charge is -2.29. The number of hydrogen-bond acceptors (Lipinski definition) is 3. The Balaban J connectivity index is 1.83. The molecule has 1 aromatic carbocycles. The van der Waals surface area contributed by atoms with Crippen LogP contribution in [0.3, 0.4) is 0 Å². The zero-order valence-corrected chi connectivity index (χ0v) is 10.5. The maximum Gasteiger partial charge on any atom is 0.259 e. The third-order valence-electron chi connectivity index (χ3n) is 3.92. The molecule has 4 rings (SSSR count). The first-order chi connectivity index (χ1) is 9.66. The van der Waals surface area contributed by atoms with Gasteiger partial charge in [0.2, 0.25) is 11.8 Å². The van der Waals surface area contributed by atoms with E-state index in [2.05, 4.69) is 10.3 Å². The average Bonchev–Trinajstić information content (AvgIpc) is 2.96. The van der Waals surface area contributed by atoms with Gasteiger partial charge in [-0.25, -0.2) is 0 Å². The summed E-state index contributed by atoms with van der Waals surface area (Å²) >= 11 is 0. The summed E-state index contributed by atoms with van der Waals surface area (Å²) in [6.07, 6.45) is 2.35. The molecule has 20 heavy (non-hydrogen) atoms. The summed E-state index contributed by atoms with van der Waals surface area (Å²) in [7, 11) is 0. The molecule has 6 heteroatoms. The standard InChI is InChI=1S/C14H11N3O3/c18-11-5-4-9(13(19)16-11)17-10-6-15-8-3-1-2-7(12(8)10)14(17)20/h1-3,6,9,15H,4-5H2,(H,16,18,19). The van der Waals surface area contributed by atoms with Crippen LogP contribution in [0.5, 0.6) is 0 Å². The highest BCUT2D eigenvalue weighted by molar-refractivity contribution is 6.26. The first-order valence-corrected chi connectivity index (χ1v) is 6.44. The number of rotatable bonds is 1. The van der Waals surface area contributed by atoms with Gasteiger partial charge in [0.25, 0.3) is 5.91 Å². The Bertz CT molecular complexity index is 777. The van der Waals surface area contributed by atoms with Gasteiger partial charge in [-0.05, 0) is 18.6 Å². The van der Waals surface area contributed by atoms with E-state index in [0.29, 0.717) is 12.0 Å². The van der Waals surface area contributed by atoms with Crippen molar-refractivity contribution in [3.05, 3.63) is 30.0 Å². The van der Waals surface area contributed by atoms with Gasteiger partial charge in [0.1, 0.15) is 6.04 Å². The van der Waals surface area contributed by atoms with Crippen LogP contribution in [0.25, 0.3) is 10.9 Å². The minimum absolute atomic E-state index is 0.177. The third kappa shape index (κ3) is 1.30. The number of aromatic amines is 1. The Hall–Kier alpha value is -2.63. The average molecular weight is 269 g/mol. The molecule has 0 saturated carbocycles. The van der Waals surface area contributed by atoms with Crippen LogP contribution in [-0.4, -0.2) is 28.7 Å². The molecule has 2 aliphatic rings. The second kappa shape index (κ2) is 3.69. The highest BCUT2D eigenvalue weighted by Crippen LogP contribution is 2.39. The van der Waals surface area contributed by atoms with Crippen LogP contribution in [0.1, 0.15) is 23.2 Å². The van der Waals surface area contributed by atoms with E-state index in [0.717, 1.165) is 16.6 Å². The van der Waals surface area contributed by atoms with Crippen LogP contribution in [0.2, 0.25) is 0 Å². The van der Waals surface area contributed by atoms with E-state index in [-0.39, 0.29) is 18.2 Å². The van der Waals surface area contributed by atoms with Crippen LogP contribution in [0.4, 0.5) is 5.69 Å². The van der Waals surface area contributed by atoms with Crippen molar-refractivity contribution < 1.29 is 14.4 Å². The molecule has 1 saturated heterocycles. The largest absolute Gasteiger partial charge is 0.359 e. The number of imide groups is 1. The lowest BCUT2D eigenvalue weighted by Crippen LogP contribution is -2.53. The lowest BCUT2D eigenvalue weighted by molar-refractivity contribution is -0.134. The molecule has 100 valence electrons. The SMILES string of the molecule is O=C1CCC(N2C(=O)c3cccc4[nH]cc2c34)C(=O)N1. The molecular formula is C14H11N3O3. The number of carbonyl (C=O) groups is 3. The van der Waals surface area contributed by atoms with E-state index in [9.17, 15) is 14.4 Å². The number of nitrogens with one attached hydrogen (secondary N) is 2. The van der Waals surface area contributed by atoms with Gasteiger partial charge >= 0.3 is 0 Å². The van der Waals surface area contributed by atoms with Crippen molar-refractivity contribution in [2.24, 2.45) is 0 Å². The number of anilines is 1. The van der Waals surface area contributed by atoms with E-state index in [1.807, 2.05) is 12.1 Å². The highest BCUT2D eigenvalue weighted by atomic mass is 16.2. The Morgan fingerprint density at radius 1 is 1.20 bits per heavy atom. The summed E-state index contributed by atoms with van der Waals surface area (Å²) < 4.78 is 0. The topological polar surface area (TPSA) is 82.3 Å². The number of aromatic nitrogens is 1. The fraction of sp³-hybridized carbons (Fsp3) is 0.214. The monoisotopic (exact) mass is 269 g/mol. The van der Waals surface area contributed by atoms with Gasteiger partial charge in [0.15, 0.2) is 0 Å². The number of nitrogens with zero attached hydrogens (tertiary/aromatic N) is 1.